The number of benzene rings is 1. The topological polar surface area (TPSA) is 83.4 Å². The maximum atomic E-state index is 14.0. The molecule has 0 spiro atoms. The minimum atomic E-state index is -0.441. The average molecular weight is 266 g/mol. The summed E-state index contributed by atoms with van der Waals surface area (Å²) in [5.41, 5.74) is 6.93. The van der Waals surface area contributed by atoms with Gasteiger partial charge in [-0.2, -0.15) is 5.10 Å². The molecule has 5 nitrogen and oxygen atoms in total. The monoisotopic (exact) mass is 265 g/mol. The van der Waals surface area contributed by atoms with E-state index in [2.05, 4.69) is 20.2 Å². The van der Waals surface area contributed by atoms with Gasteiger partial charge in [-0.1, -0.05) is 11.6 Å². The molecule has 0 aliphatic carbocycles. The van der Waals surface area contributed by atoms with Crippen molar-refractivity contribution in [3.63, 3.8) is 0 Å². The van der Waals surface area contributed by atoms with E-state index in [4.69, 9.17) is 17.3 Å². The Hall–Kier alpha value is -2.08. The molecule has 0 radical (unpaired) electrons. The van der Waals surface area contributed by atoms with Crippen molar-refractivity contribution in [1.29, 1.82) is 0 Å². The minimum Gasteiger partial charge on any atom is -0.382 e. The molecule has 1 aromatic carbocycles. The molecular weight excluding hydrogens is 257 g/mol. The van der Waals surface area contributed by atoms with Gasteiger partial charge in [0.2, 0.25) is 0 Å². The number of hydrogen-bond acceptors (Lipinski definition) is 3. The number of H-pyrrole nitrogens is 2. The van der Waals surface area contributed by atoms with E-state index < -0.39 is 5.82 Å². The van der Waals surface area contributed by atoms with Crippen LogP contribution in [0.2, 0.25) is 5.15 Å². The van der Waals surface area contributed by atoms with Gasteiger partial charge in [-0.25, -0.2) is 9.37 Å². The normalized spacial score (nSPS) is 11.3. The second kappa shape index (κ2) is 3.71. The predicted molar refractivity (Wildman–Crippen MR) is 67.8 cm³/mol. The lowest BCUT2D eigenvalue weighted by atomic mass is 10.1. The zero-order valence-electron chi connectivity index (χ0n) is 9.38. The molecular formula is C11H9ClFN5. The quantitative estimate of drug-likeness (QED) is 0.632. The van der Waals surface area contributed by atoms with Crippen LogP contribution >= 0.6 is 11.6 Å². The van der Waals surface area contributed by atoms with Crippen molar-refractivity contribution in [2.24, 2.45) is 0 Å². The summed E-state index contributed by atoms with van der Waals surface area (Å²) < 4.78 is 14.0. The molecule has 0 saturated carbocycles. The molecule has 0 saturated heterocycles. The summed E-state index contributed by atoms with van der Waals surface area (Å²) in [4.78, 5) is 6.99. The van der Waals surface area contributed by atoms with E-state index in [0.29, 0.717) is 33.1 Å². The fraction of sp³-hybridized carbons (Fsp3) is 0.0909. The lowest BCUT2D eigenvalue weighted by Crippen LogP contribution is -1.88. The Morgan fingerprint density at radius 1 is 1.39 bits per heavy atom. The standard InChI is InChI=1S/C11H9ClFN5/c1-4-15-9(10(12)16-4)5-3-8-6(2-7(5)13)11(14)18-17-8/h2-3H,1H3,(H,15,16)(H3,14,17,18). The van der Waals surface area contributed by atoms with Crippen molar-refractivity contribution < 1.29 is 4.39 Å². The molecule has 0 unspecified atom stereocenters. The lowest BCUT2D eigenvalue weighted by molar-refractivity contribution is 0.632. The molecule has 18 heavy (non-hydrogen) atoms. The third-order valence-corrected chi connectivity index (χ3v) is 2.99. The summed E-state index contributed by atoms with van der Waals surface area (Å²) in [7, 11) is 0. The van der Waals surface area contributed by atoms with Gasteiger partial charge >= 0.3 is 0 Å². The molecule has 7 heteroatoms. The van der Waals surface area contributed by atoms with Crippen molar-refractivity contribution >= 4 is 28.3 Å². The first-order chi connectivity index (χ1) is 8.56. The molecule has 0 amide bonds. The Kier molecular flexibility index (Phi) is 2.27. The van der Waals surface area contributed by atoms with E-state index in [1.165, 1.54) is 6.07 Å². The van der Waals surface area contributed by atoms with E-state index in [9.17, 15) is 4.39 Å². The van der Waals surface area contributed by atoms with Crippen molar-refractivity contribution in [2.75, 3.05) is 5.73 Å². The van der Waals surface area contributed by atoms with Crippen molar-refractivity contribution in [3.8, 4) is 11.3 Å². The highest BCUT2D eigenvalue weighted by Gasteiger charge is 2.16. The molecule has 0 bridgehead atoms. The fourth-order valence-corrected chi connectivity index (χ4v) is 2.16. The van der Waals surface area contributed by atoms with Gasteiger partial charge in [-0.3, -0.25) is 5.10 Å². The van der Waals surface area contributed by atoms with Gasteiger partial charge in [0.1, 0.15) is 22.5 Å². The second-order valence-corrected chi connectivity index (χ2v) is 4.35. The van der Waals surface area contributed by atoms with Crippen LogP contribution in [0.5, 0.6) is 0 Å². The van der Waals surface area contributed by atoms with E-state index in [1.807, 2.05) is 0 Å². The third kappa shape index (κ3) is 1.53. The number of halogens is 2. The Morgan fingerprint density at radius 3 is 2.83 bits per heavy atom. The van der Waals surface area contributed by atoms with Gasteiger partial charge in [-0.05, 0) is 19.1 Å². The van der Waals surface area contributed by atoms with Gasteiger partial charge in [0.25, 0.3) is 0 Å². The summed E-state index contributed by atoms with van der Waals surface area (Å²) in [5, 5.41) is 7.40. The Balaban J connectivity index is 2.29. The first-order valence-electron chi connectivity index (χ1n) is 5.22. The molecule has 2 aromatic heterocycles. The highest BCUT2D eigenvalue weighted by Crippen LogP contribution is 2.31. The first-order valence-corrected chi connectivity index (χ1v) is 5.59. The van der Waals surface area contributed by atoms with Gasteiger partial charge in [0.15, 0.2) is 5.82 Å². The van der Waals surface area contributed by atoms with Crippen LogP contribution in [0.15, 0.2) is 12.1 Å². The van der Waals surface area contributed by atoms with Crippen LogP contribution in [-0.4, -0.2) is 20.2 Å². The average Bonchev–Trinajstić information content (AvgIpc) is 2.82. The van der Waals surface area contributed by atoms with E-state index in [1.54, 1.807) is 13.0 Å². The zero-order valence-corrected chi connectivity index (χ0v) is 10.1. The number of fused-ring (bicyclic) bond motifs is 1. The van der Waals surface area contributed by atoms with E-state index in [-0.39, 0.29) is 5.82 Å². The maximum Gasteiger partial charge on any atom is 0.153 e. The SMILES string of the molecule is Cc1nc(-c2cc3[nH]nc(N)c3cc2F)c(Cl)[nH]1. The van der Waals surface area contributed by atoms with Crippen LogP contribution in [0, 0.1) is 12.7 Å². The molecule has 4 N–H and O–H groups in total. The molecule has 3 aromatic rings. The number of nitrogens with zero attached hydrogens (tertiary/aromatic N) is 2. The van der Waals surface area contributed by atoms with Gasteiger partial charge in [0, 0.05) is 10.9 Å². The number of aryl methyl sites for hydroxylation is 1. The van der Waals surface area contributed by atoms with Gasteiger partial charge in [0.05, 0.1) is 5.52 Å². The number of nitrogens with one attached hydrogen (secondary N) is 2. The highest BCUT2D eigenvalue weighted by molar-refractivity contribution is 6.32. The number of nitrogen functional groups attached to an aromatic ring is 1. The summed E-state index contributed by atoms with van der Waals surface area (Å²) in [6.45, 7) is 1.75. The molecule has 0 fully saturated rings. The predicted octanol–water partition coefficient (Wildman–Crippen LogP) is 2.64. The molecule has 3 rings (SSSR count). The fourth-order valence-electron chi connectivity index (χ4n) is 1.88. The summed E-state index contributed by atoms with van der Waals surface area (Å²) in [5.74, 6) is 0.447. The Bertz CT molecular complexity index is 745. The molecule has 2 heterocycles. The number of rotatable bonds is 1. The summed E-state index contributed by atoms with van der Waals surface area (Å²) in [6.07, 6.45) is 0. The van der Waals surface area contributed by atoms with Crippen molar-refractivity contribution in [3.05, 3.63) is 28.9 Å². The Labute approximate surface area is 106 Å². The van der Waals surface area contributed by atoms with Gasteiger partial charge < -0.3 is 10.7 Å². The molecule has 0 aliphatic heterocycles. The maximum absolute atomic E-state index is 14.0. The van der Waals surface area contributed by atoms with Crippen LogP contribution in [0.25, 0.3) is 22.2 Å². The number of hydrogen-bond donors (Lipinski definition) is 3. The summed E-state index contributed by atoms with van der Waals surface area (Å²) in [6, 6.07) is 2.92. The van der Waals surface area contributed by atoms with Crippen LogP contribution in [0.3, 0.4) is 0 Å². The van der Waals surface area contributed by atoms with E-state index >= 15 is 0 Å². The lowest BCUT2D eigenvalue weighted by Gasteiger charge is -2.01. The number of nitrogens with two attached hydrogens (primary N) is 1. The number of aromatic amines is 2. The van der Waals surface area contributed by atoms with Crippen LogP contribution in [0.1, 0.15) is 5.82 Å². The molecule has 0 aliphatic rings. The zero-order chi connectivity index (χ0) is 12.9. The van der Waals surface area contributed by atoms with Crippen LogP contribution in [-0.2, 0) is 0 Å². The van der Waals surface area contributed by atoms with Crippen LogP contribution in [0.4, 0.5) is 10.2 Å². The van der Waals surface area contributed by atoms with Gasteiger partial charge in [-0.15, -0.1) is 0 Å². The van der Waals surface area contributed by atoms with Crippen molar-refractivity contribution in [2.45, 2.75) is 6.92 Å². The van der Waals surface area contributed by atoms with E-state index in [0.717, 1.165) is 0 Å². The Morgan fingerprint density at radius 2 is 2.17 bits per heavy atom. The van der Waals surface area contributed by atoms with Crippen molar-refractivity contribution in [1.82, 2.24) is 20.2 Å². The minimum absolute atomic E-state index is 0.264. The van der Waals surface area contributed by atoms with Crippen LogP contribution < -0.4 is 5.73 Å². The third-order valence-electron chi connectivity index (χ3n) is 2.71. The number of anilines is 1. The highest BCUT2D eigenvalue weighted by atomic mass is 35.5. The number of aromatic nitrogens is 4. The molecule has 92 valence electrons. The second-order valence-electron chi connectivity index (χ2n) is 3.97. The molecule has 0 atom stereocenters. The summed E-state index contributed by atoms with van der Waals surface area (Å²) >= 11 is 5.97. The first kappa shape index (κ1) is 11.0. The largest absolute Gasteiger partial charge is 0.382 e. The smallest absolute Gasteiger partial charge is 0.153 e. The number of imidazole rings is 1.